The van der Waals surface area contributed by atoms with Gasteiger partial charge in [0.2, 0.25) is 5.91 Å². The molecule has 0 N–H and O–H groups in total. The molecular formula is C19H21ClN4O. The molecule has 130 valence electrons. The van der Waals surface area contributed by atoms with Crippen molar-refractivity contribution in [2.24, 2.45) is 0 Å². The lowest BCUT2D eigenvalue weighted by Gasteiger charge is -2.38. The Kier molecular flexibility index (Phi) is 4.59. The molecule has 2 aliphatic heterocycles. The number of carbonyl (C=O) groups excluding carboxylic acids is 1. The second-order valence-electron chi connectivity index (χ2n) is 6.46. The molecule has 5 nitrogen and oxygen atoms in total. The Morgan fingerprint density at radius 1 is 0.960 bits per heavy atom. The minimum atomic E-state index is -0.0124. The van der Waals surface area contributed by atoms with Gasteiger partial charge >= 0.3 is 0 Å². The molecule has 4 rings (SSSR count). The molecule has 1 amide bonds. The zero-order valence-corrected chi connectivity index (χ0v) is 14.8. The van der Waals surface area contributed by atoms with Crippen LogP contribution in [0.4, 0.5) is 11.5 Å². The molecule has 2 aliphatic rings. The number of hydrogen-bond donors (Lipinski definition) is 0. The summed E-state index contributed by atoms with van der Waals surface area (Å²) >= 11 is 6.25. The molecule has 0 radical (unpaired) electrons. The van der Waals surface area contributed by atoms with Crippen molar-refractivity contribution in [2.75, 3.05) is 42.5 Å². The monoisotopic (exact) mass is 356 g/mol. The zero-order chi connectivity index (χ0) is 17.2. The van der Waals surface area contributed by atoms with Crippen LogP contribution in [0.15, 0.2) is 48.7 Å². The predicted octanol–water partition coefficient (Wildman–Crippen LogP) is 2.66. The fourth-order valence-electron chi connectivity index (χ4n) is 3.72. The Morgan fingerprint density at radius 2 is 1.72 bits per heavy atom. The van der Waals surface area contributed by atoms with E-state index in [1.807, 2.05) is 47.4 Å². The van der Waals surface area contributed by atoms with Crippen molar-refractivity contribution in [3.05, 3.63) is 53.7 Å². The summed E-state index contributed by atoms with van der Waals surface area (Å²) in [5, 5.41) is 0.683. The van der Waals surface area contributed by atoms with E-state index in [9.17, 15) is 4.79 Å². The molecule has 2 fully saturated rings. The Hall–Kier alpha value is -2.11. The van der Waals surface area contributed by atoms with Gasteiger partial charge in [0.15, 0.2) is 0 Å². The Bertz CT molecular complexity index is 746. The molecule has 0 aliphatic carbocycles. The highest BCUT2D eigenvalue weighted by molar-refractivity contribution is 6.32. The smallest absolute Gasteiger partial charge is 0.244 e. The molecule has 0 bridgehead atoms. The van der Waals surface area contributed by atoms with Crippen LogP contribution in [0.3, 0.4) is 0 Å². The standard InChI is InChI=1S/C19H21ClN4O/c20-16-7-4-9-21-18(16)23-13-11-22(12-14-23)17-8-10-24(19(17)25)15-5-2-1-3-6-15/h1-7,9,17H,8,10-14H2. The van der Waals surface area contributed by atoms with E-state index in [1.165, 1.54) is 0 Å². The van der Waals surface area contributed by atoms with E-state index in [0.717, 1.165) is 50.6 Å². The number of anilines is 2. The number of aromatic nitrogens is 1. The van der Waals surface area contributed by atoms with Crippen LogP contribution >= 0.6 is 11.6 Å². The average molecular weight is 357 g/mol. The predicted molar refractivity (Wildman–Crippen MR) is 100 cm³/mol. The second-order valence-corrected chi connectivity index (χ2v) is 6.87. The lowest BCUT2D eigenvalue weighted by Crippen LogP contribution is -2.52. The van der Waals surface area contributed by atoms with Crippen molar-refractivity contribution in [1.82, 2.24) is 9.88 Å². The van der Waals surface area contributed by atoms with Crippen molar-refractivity contribution in [1.29, 1.82) is 0 Å². The summed E-state index contributed by atoms with van der Waals surface area (Å²) in [5.41, 5.74) is 0.994. The molecule has 3 heterocycles. The van der Waals surface area contributed by atoms with Crippen LogP contribution in [0.5, 0.6) is 0 Å². The summed E-state index contributed by atoms with van der Waals surface area (Å²) < 4.78 is 0. The van der Waals surface area contributed by atoms with Crippen LogP contribution in [0, 0.1) is 0 Å². The Labute approximate surface area is 152 Å². The first-order valence-electron chi connectivity index (χ1n) is 8.70. The molecule has 1 unspecified atom stereocenters. The maximum atomic E-state index is 12.8. The van der Waals surface area contributed by atoms with Gasteiger partial charge in [0.25, 0.3) is 0 Å². The molecule has 6 heteroatoms. The maximum absolute atomic E-state index is 12.8. The van der Waals surface area contributed by atoms with E-state index in [0.29, 0.717) is 5.02 Å². The zero-order valence-electron chi connectivity index (χ0n) is 14.0. The fourth-order valence-corrected chi connectivity index (χ4v) is 3.96. The van der Waals surface area contributed by atoms with Crippen LogP contribution in [0.25, 0.3) is 0 Å². The minimum Gasteiger partial charge on any atom is -0.353 e. The minimum absolute atomic E-state index is 0.0124. The first kappa shape index (κ1) is 16.4. The summed E-state index contributed by atoms with van der Waals surface area (Å²) in [6, 6.07) is 13.6. The topological polar surface area (TPSA) is 39.7 Å². The van der Waals surface area contributed by atoms with Gasteiger partial charge in [0.1, 0.15) is 5.82 Å². The summed E-state index contributed by atoms with van der Waals surface area (Å²) in [6.07, 6.45) is 2.66. The summed E-state index contributed by atoms with van der Waals surface area (Å²) in [7, 11) is 0. The average Bonchev–Trinajstić information content (AvgIpc) is 3.04. The quantitative estimate of drug-likeness (QED) is 0.847. The molecule has 1 atom stereocenters. The number of halogens is 1. The lowest BCUT2D eigenvalue weighted by atomic mass is 10.2. The third-order valence-corrected chi connectivity index (χ3v) is 5.33. The van der Waals surface area contributed by atoms with Crippen molar-refractivity contribution in [2.45, 2.75) is 12.5 Å². The van der Waals surface area contributed by atoms with Gasteiger partial charge in [-0.25, -0.2) is 4.98 Å². The molecular weight excluding hydrogens is 336 g/mol. The van der Waals surface area contributed by atoms with Crippen molar-refractivity contribution in [3.8, 4) is 0 Å². The summed E-state index contributed by atoms with van der Waals surface area (Å²) in [6.45, 7) is 4.18. The summed E-state index contributed by atoms with van der Waals surface area (Å²) in [4.78, 5) is 23.7. The van der Waals surface area contributed by atoms with Crippen molar-refractivity contribution >= 4 is 29.0 Å². The van der Waals surface area contributed by atoms with Gasteiger partial charge in [-0.3, -0.25) is 9.69 Å². The number of amides is 1. The van der Waals surface area contributed by atoms with E-state index < -0.39 is 0 Å². The van der Waals surface area contributed by atoms with Gasteiger partial charge < -0.3 is 9.80 Å². The molecule has 25 heavy (non-hydrogen) atoms. The van der Waals surface area contributed by atoms with Crippen LogP contribution in [0.1, 0.15) is 6.42 Å². The first-order valence-corrected chi connectivity index (χ1v) is 9.08. The largest absolute Gasteiger partial charge is 0.353 e. The van der Waals surface area contributed by atoms with E-state index in [4.69, 9.17) is 11.6 Å². The highest BCUT2D eigenvalue weighted by Crippen LogP contribution is 2.27. The van der Waals surface area contributed by atoms with Gasteiger partial charge in [-0.05, 0) is 30.7 Å². The van der Waals surface area contributed by atoms with Gasteiger partial charge in [-0.1, -0.05) is 29.8 Å². The molecule has 2 saturated heterocycles. The van der Waals surface area contributed by atoms with Crippen LogP contribution < -0.4 is 9.80 Å². The Balaban J connectivity index is 1.40. The Morgan fingerprint density at radius 3 is 2.44 bits per heavy atom. The normalized spacial score (nSPS) is 21.8. The van der Waals surface area contributed by atoms with E-state index in [1.54, 1.807) is 6.20 Å². The van der Waals surface area contributed by atoms with Crippen LogP contribution in [0.2, 0.25) is 5.02 Å². The van der Waals surface area contributed by atoms with E-state index in [-0.39, 0.29) is 11.9 Å². The maximum Gasteiger partial charge on any atom is 0.244 e. The van der Waals surface area contributed by atoms with Gasteiger partial charge in [-0.15, -0.1) is 0 Å². The number of nitrogens with zero attached hydrogens (tertiary/aromatic N) is 4. The number of piperazine rings is 1. The van der Waals surface area contributed by atoms with Crippen LogP contribution in [-0.2, 0) is 4.79 Å². The van der Waals surface area contributed by atoms with Crippen LogP contribution in [-0.4, -0.2) is 54.6 Å². The van der Waals surface area contributed by atoms with Gasteiger partial charge in [0, 0.05) is 44.6 Å². The van der Waals surface area contributed by atoms with Crippen molar-refractivity contribution < 1.29 is 4.79 Å². The number of hydrogen-bond acceptors (Lipinski definition) is 4. The molecule has 1 aromatic heterocycles. The first-order chi connectivity index (χ1) is 12.2. The fraction of sp³-hybridized carbons (Fsp3) is 0.368. The highest BCUT2D eigenvalue weighted by atomic mass is 35.5. The van der Waals surface area contributed by atoms with Gasteiger partial charge in [0.05, 0.1) is 11.1 Å². The number of para-hydroxylation sites is 1. The summed E-state index contributed by atoms with van der Waals surface area (Å²) in [5.74, 6) is 1.06. The van der Waals surface area contributed by atoms with Gasteiger partial charge in [-0.2, -0.15) is 0 Å². The number of rotatable bonds is 3. The number of carbonyl (C=O) groups is 1. The molecule has 2 aromatic rings. The van der Waals surface area contributed by atoms with E-state index in [2.05, 4.69) is 14.8 Å². The highest BCUT2D eigenvalue weighted by Gasteiger charge is 2.37. The molecule has 0 saturated carbocycles. The SMILES string of the molecule is O=C1C(N2CCN(c3ncccc3Cl)CC2)CCN1c1ccccc1. The molecule has 1 aromatic carbocycles. The third-order valence-electron chi connectivity index (χ3n) is 5.04. The lowest BCUT2D eigenvalue weighted by molar-refractivity contribution is -0.121. The number of benzene rings is 1. The van der Waals surface area contributed by atoms with Crippen molar-refractivity contribution in [3.63, 3.8) is 0 Å². The number of pyridine rings is 1. The third kappa shape index (κ3) is 3.22. The van der Waals surface area contributed by atoms with E-state index >= 15 is 0 Å². The molecule has 0 spiro atoms. The second kappa shape index (κ2) is 7.02.